The van der Waals surface area contributed by atoms with Crippen LogP contribution in [0.2, 0.25) is 0 Å². The van der Waals surface area contributed by atoms with Gasteiger partial charge in [-0.15, -0.1) is 23.8 Å². The number of fused-ring (bicyclic) bond motifs is 10. The van der Waals surface area contributed by atoms with Crippen LogP contribution < -0.4 is 0 Å². The van der Waals surface area contributed by atoms with Crippen molar-refractivity contribution in [2.75, 3.05) is 0 Å². The summed E-state index contributed by atoms with van der Waals surface area (Å²) in [7, 11) is 0. The zero-order chi connectivity index (χ0) is 22.9. The third-order valence-electron chi connectivity index (χ3n) is 7.46. The first-order valence-electron chi connectivity index (χ1n) is 10.9. The van der Waals surface area contributed by atoms with Gasteiger partial charge in [0.1, 0.15) is 0 Å². The van der Waals surface area contributed by atoms with Gasteiger partial charge in [-0.2, -0.15) is 40.0 Å². The maximum Gasteiger partial charge on any atom is 2.00 e. The quantitative estimate of drug-likeness (QED) is 0.237. The number of hydrogen-bond donors (Lipinski definition) is 0. The van der Waals surface area contributed by atoms with Gasteiger partial charge in [-0.05, 0) is 28.9 Å². The third kappa shape index (κ3) is 3.61. The first kappa shape index (κ1) is 23.6. The van der Waals surface area contributed by atoms with E-state index in [4.69, 9.17) is 10.2 Å². The second-order valence-electron chi connectivity index (χ2n) is 10.2. The van der Waals surface area contributed by atoms with Gasteiger partial charge in [-0.25, -0.2) is 4.39 Å². The van der Waals surface area contributed by atoms with Crippen molar-refractivity contribution in [3.63, 3.8) is 0 Å². The number of rotatable bonds is 0. The Morgan fingerprint density at radius 2 is 1.33 bits per heavy atom. The van der Waals surface area contributed by atoms with Crippen LogP contribution in [0.15, 0.2) is 54.9 Å². The molecule has 8 bridgehead atoms. The normalized spacial score (nSPS) is 17.4. The molecule has 2 aromatic carbocycles. The molecule has 0 fully saturated rings. The summed E-state index contributed by atoms with van der Waals surface area (Å²) in [6.45, 7) is 12.9. The van der Waals surface area contributed by atoms with E-state index in [0.29, 0.717) is 5.69 Å². The molecule has 0 saturated carbocycles. The minimum Gasteiger partial charge on any atom is -0.265 e. The van der Waals surface area contributed by atoms with Crippen molar-refractivity contribution in [2.24, 2.45) is 0 Å². The molecule has 6 heteroatoms. The largest absolute Gasteiger partial charge is 2.00 e. The molecular weight excluding hydrogens is 594 g/mol. The van der Waals surface area contributed by atoms with Gasteiger partial charge in [0.15, 0.2) is 0 Å². The predicted molar refractivity (Wildman–Crippen MR) is 123 cm³/mol. The molecule has 4 nitrogen and oxygen atoms in total. The molecule has 3 heterocycles. The molecule has 5 rings (SSSR count). The van der Waals surface area contributed by atoms with Gasteiger partial charge in [0.05, 0.1) is 11.4 Å². The number of nitrogens with zero attached hydrogens (tertiary/aromatic N) is 4. The fraction of sp³-hybridized carbons (Fsp3) is 0.333. The van der Waals surface area contributed by atoms with Gasteiger partial charge < -0.3 is 0 Å². The molecule has 33 heavy (non-hydrogen) atoms. The van der Waals surface area contributed by atoms with Crippen LogP contribution in [0.1, 0.15) is 64.1 Å². The number of halogens is 1. The summed E-state index contributed by atoms with van der Waals surface area (Å²) >= 11 is 0. The van der Waals surface area contributed by atoms with E-state index < -0.39 is 5.41 Å². The van der Waals surface area contributed by atoms with Crippen molar-refractivity contribution in [1.82, 2.24) is 19.6 Å². The Labute approximate surface area is 209 Å². The predicted octanol–water partition coefficient (Wildman–Crippen LogP) is 5.69. The Morgan fingerprint density at radius 1 is 0.727 bits per heavy atom. The van der Waals surface area contributed by atoms with Crippen molar-refractivity contribution in [3.05, 3.63) is 95.3 Å². The summed E-state index contributed by atoms with van der Waals surface area (Å²) in [4.78, 5) is 0. The summed E-state index contributed by atoms with van der Waals surface area (Å²) in [6, 6.07) is 20.2. The van der Waals surface area contributed by atoms with Gasteiger partial charge >= 0.3 is 21.1 Å². The Balaban J connectivity index is 0.00000259. The Morgan fingerprint density at radius 3 is 2.06 bits per heavy atom. The summed E-state index contributed by atoms with van der Waals surface area (Å²) in [6.07, 6.45) is 3.83. The van der Waals surface area contributed by atoms with Crippen LogP contribution in [-0.2, 0) is 37.3 Å². The van der Waals surface area contributed by atoms with Crippen LogP contribution >= 0.6 is 0 Å². The zero-order valence-corrected chi connectivity index (χ0v) is 22.0. The van der Waals surface area contributed by atoms with Crippen molar-refractivity contribution in [3.8, 4) is 11.4 Å². The molecule has 2 aromatic heterocycles. The zero-order valence-electron chi connectivity index (χ0n) is 19.7. The summed E-state index contributed by atoms with van der Waals surface area (Å²) in [5, 5.41) is 9.72. The van der Waals surface area contributed by atoms with Crippen LogP contribution in [0, 0.1) is 17.9 Å². The molecule has 0 saturated heterocycles. The van der Waals surface area contributed by atoms with Crippen LogP contribution in [0.25, 0.3) is 11.4 Å². The van der Waals surface area contributed by atoms with Gasteiger partial charge in [-0.1, -0.05) is 41.5 Å². The molecule has 0 aliphatic carbocycles. The summed E-state index contributed by atoms with van der Waals surface area (Å²) in [5.74, 6) is -0.317. The van der Waals surface area contributed by atoms with Gasteiger partial charge in [0.2, 0.25) is 0 Å². The minimum atomic E-state index is -0.547. The maximum absolute atomic E-state index is 14.7. The number of benzene rings is 2. The van der Waals surface area contributed by atoms with E-state index in [0.717, 1.165) is 28.2 Å². The first-order chi connectivity index (χ1) is 15.0. The molecule has 0 radical (unpaired) electrons. The van der Waals surface area contributed by atoms with E-state index in [1.165, 1.54) is 12.1 Å². The van der Waals surface area contributed by atoms with E-state index in [2.05, 4.69) is 52.0 Å². The molecule has 1 aliphatic heterocycles. The van der Waals surface area contributed by atoms with E-state index >= 15 is 0 Å². The van der Waals surface area contributed by atoms with Crippen LogP contribution in [0.5, 0.6) is 0 Å². The van der Waals surface area contributed by atoms with E-state index in [9.17, 15) is 4.39 Å². The Bertz CT molecular complexity index is 1330. The van der Waals surface area contributed by atoms with Gasteiger partial charge in [-0.3, -0.25) is 9.36 Å². The maximum atomic E-state index is 14.7. The summed E-state index contributed by atoms with van der Waals surface area (Å²) < 4.78 is 18.3. The number of hydrogen-bond acceptors (Lipinski definition) is 2. The van der Waals surface area contributed by atoms with Crippen molar-refractivity contribution in [1.29, 1.82) is 0 Å². The number of aromatic nitrogens is 4. The van der Waals surface area contributed by atoms with E-state index in [-0.39, 0.29) is 37.7 Å². The molecule has 4 aromatic rings. The molecule has 1 aliphatic rings. The second-order valence-corrected chi connectivity index (χ2v) is 10.2. The Hall–Kier alpha value is -2.52. The molecule has 0 unspecified atom stereocenters. The third-order valence-corrected chi connectivity index (χ3v) is 7.46. The second kappa shape index (κ2) is 7.77. The average Bonchev–Trinajstić information content (AvgIpc) is 3.43. The van der Waals surface area contributed by atoms with Gasteiger partial charge in [0, 0.05) is 29.0 Å². The fourth-order valence-corrected chi connectivity index (χ4v) is 4.31. The monoisotopic (exact) mass is 621 g/mol. The molecule has 0 N–H and O–H groups in total. The van der Waals surface area contributed by atoms with Crippen LogP contribution in [0.4, 0.5) is 4.39 Å². The fourth-order valence-electron chi connectivity index (χ4n) is 4.31. The topological polar surface area (TPSA) is 35.6 Å². The Kier molecular flexibility index (Phi) is 5.56. The SMILES string of the molecule is CC1(C)c2[c-]c(cc(F)c2)-n2ccc(n2)C(C)(C)C(C)(C)c2[c-]c(ccc2)-n2ccc1n2.[Pt+2]. The molecule has 172 valence electrons. The minimum absolute atomic E-state index is 0. The molecule has 0 spiro atoms. The smallest absolute Gasteiger partial charge is 0.265 e. The van der Waals surface area contributed by atoms with Crippen LogP contribution in [-0.4, -0.2) is 19.6 Å². The summed E-state index contributed by atoms with van der Waals surface area (Å²) in [5.41, 5.74) is 3.87. The van der Waals surface area contributed by atoms with E-state index in [1.807, 2.05) is 49.1 Å². The molecule has 0 atom stereocenters. The standard InChI is InChI=1S/C27H27FN4.Pt/c1-25(2)19-14-20(28)17-22(16-19)32-13-11-24(30-32)27(5,6)26(3,4)18-8-7-9-21(15-18)31-12-10-23(25)29-31;/h7-14,17H,1-6H3;/q-2;+2. The van der Waals surface area contributed by atoms with Crippen LogP contribution in [0.3, 0.4) is 0 Å². The van der Waals surface area contributed by atoms with Crippen molar-refractivity contribution >= 4 is 0 Å². The molecule has 0 amide bonds. The van der Waals surface area contributed by atoms with E-state index in [1.54, 1.807) is 4.68 Å². The van der Waals surface area contributed by atoms with Gasteiger partial charge in [0.25, 0.3) is 0 Å². The molecular formula is C27H27FN4Pt. The van der Waals surface area contributed by atoms with Crippen molar-refractivity contribution < 1.29 is 25.5 Å². The van der Waals surface area contributed by atoms with Crippen molar-refractivity contribution in [2.45, 2.75) is 57.8 Å². The first-order valence-corrected chi connectivity index (χ1v) is 10.9. The average molecular weight is 622 g/mol.